The highest BCUT2D eigenvalue weighted by atomic mass is 16.5. The lowest BCUT2D eigenvalue weighted by atomic mass is 10.0. The molecule has 0 N–H and O–H groups in total. The van der Waals surface area contributed by atoms with Crippen LogP contribution in [0.2, 0.25) is 0 Å². The van der Waals surface area contributed by atoms with E-state index in [2.05, 4.69) is 156 Å². The van der Waals surface area contributed by atoms with Gasteiger partial charge in [0.25, 0.3) is 0 Å². The first kappa shape index (κ1) is 163. The van der Waals surface area contributed by atoms with Crippen LogP contribution in [0.1, 0.15) is 402 Å². The van der Waals surface area contributed by atoms with Crippen LogP contribution in [0.25, 0.3) is 10.8 Å². The summed E-state index contributed by atoms with van der Waals surface area (Å²) < 4.78 is 4.65. The van der Waals surface area contributed by atoms with E-state index in [0.717, 1.165) is 32.4 Å². The van der Waals surface area contributed by atoms with E-state index in [1.54, 1.807) is 55.6 Å². The summed E-state index contributed by atoms with van der Waals surface area (Å²) in [6, 6.07) is 36.2. The van der Waals surface area contributed by atoms with Crippen molar-refractivity contribution < 1.29 is 4.74 Å². The van der Waals surface area contributed by atoms with Crippen molar-refractivity contribution in [1.29, 1.82) is 0 Å². The minimum atomic E-state index is 0. The molecule has 6 aliphatic rings. The van der Waals surface area contributed by atoms with Gasteiger partial charge in [0.15, 0.2) is 6.40 Å². The molecule has 0 unspecified atom stereocenters. The molecule has 7 nitrogen and oxygen atoms in total. The largest absolute Gasteiger partial charge is 0.482 e. The number of allylic oxidation sites excluding steroid dienone is 12. The number of hydrogen-bond acceptors (Lipinski definition) is 7. The average molecular weight is 1550 g/mol. The lowest BCUT2D eigenvalue weighted by molar-refractivity contribution is 0.361. The maximum absolute atomic E-state index is 4.65. The van der Waals surface area contributed by atoms with Crippen molar-refractivity contribution in [3.63, 3.8) is 0 Å². The molecule has 0 bridgehead atoms. The van der Waals surface area contributed by atoms with Gasteiger partial charge in [0.05, 0.1) is 6.54 Å². The number of hydrogen-bond donors (Lipinski definition) is 0. The van der Waals surface area contributed by atoms with Gasteiger partial charge in [0, 0.05) is 49.6 Å². The average Bonchev–Trinajstić information content (AvgIpc) is 1.50. The quantitative estimate of drug-likeness (QED) is 0.151. The highest BCUT2D eigenvalue weighted by Crippen LogP contribution is 2.16. The number of benzene rings is 3. The summed E-state index contributed by atoms with van der Waals surface area (Å²) in [6.45, 7) is 89.6. The van der Waals surface area contributed by atoms with Gasteiger partial charge < -0.3 is 4.74 Å². The molecule has 6 aromatic rings. The first-order chi connectivity index (χ1) is 54.5. The third-order valence-corrected chi connectivity index (χ3v) is 9.05. The SMILES string of the molecule is C.C1=CCC=C1.C1=CCC=C1.C1=CCC=C1.C1=NCCO1.C1CCCC1.C1CCCCC1.CC.CC.CC.CC.CC.CC.CC.CC.CC.CC.CC.CC.CC.CC.CC.CC.CC.CC.CC.CC.CC.CC.c1ccc2ccccc2c1.c1ccccc1.c1ccncc1.c1cnccn1.c1cncnc1. The molecular formula is C103H208N6O. The molecule has 5 aliphatic carbocycles. The molecular weight excluding hydrogens is 1340 g/mol. The van der Waals surface area contributed by atoms with Crippen molar-refractivity contribution in [3.05, 3.63) is 238 Å². The summed E-state index contributed by atoms with van der Waals surface area (Å²) >= 11 is 0. The number of rotatable bonds is 0. The normalized spacial score (nSPS) is 9.53. The first-order valence-corrected chi connectivity index (χ1v) is 45.2. The molecule has 1 aliphatic heterocycles. The van der Waals surface area contributed by atoms with Crippen molar-refractivity contribution in [2.24, 2.45) is 4.99 Å². The fourth-order valence-electron chi connectivity index (χ4n) is 5.72. The van der Waals surface area contributed by atoms with Crippen molar-refractivity contribution in [2.45, 2.75) is 402 Å². The molecule has 7 heteroatoms. The van der Waals surface area contributed by atoms with E-state index < -0.39 is 0 Å². The lowest BCUT2D eigenvalue weighted by Crippen LogP contribution is -1.85. The summed E-state index contributed by atoms with van der Waals surface area (Å²) in [7, 11) is 0. The van der Waals surface area contributed by atoms with Gasteiger partial charge in [-0.15, -0.1) is 0 Å². The number of aromatic nitrogens is 5. The molecule has 0 radical (unpaired) electrons. The van der Waals surface area contributed by atoms with E-state index in [0.29, 0.717) is 0 Å². The molecule has 2 saturated carbocycles. The van der Waals surface area contributed by atoms with Crippen LogP contribution in [0, 0.1) is 0 Å². The molecule has 0 atom stereocenters. The molecule has 110 heavy (non-hydrogen) atoms. The summed E-state index contributed by atoms with van der Waals surface area (Å²) in [6.07, 6.45) is 61.4. The third-order valence-electron chi connectivity index (χ3n) is 9.05. The van der Waals surface area contributed by atoms with Gasteiger partial charge in [-0.2, -0.15) is 0 Å². The number of nitrogens with zero attached hydrogens (tertiary/aromatic N) is 6. The van der Waals surface area contributed by atoms with Crippen LogP contribution in [0.3, 0.4) is 0 Å². The number of pyridine rings is 1. The Morgan fingerprint density at radius 2 is 0.391 bits per heavy atom. The van der Waals surface area contributed by atoms with E-state index in [-0.39, 0.29) is 7.43 Å². The third kappa shape index (κ3) is 232. The molecule has 3 aromatic carbocycles. The molecule has 656 valence electrons. The van der Waals surface area contributed by atoms with Crippen molar-refractivity contribution in [3.8, 4) is 0 Å². The van der Waals surface area contributed by atoms with Crippen LogP contribution in [-0.4, -0.2) is 44.5 Å². The van der Waals surface area contributed by atoms with E-state index in [1.165, 1.54) is 94.1 Å². The van der Waals surface area contributed by atoms with Gasteiger partial charge in [-0.25, -0.2) is 9.97 Å². The maximum atomic E-state index is 4.65. The van der Waals surface area contributed by atoms with Crippen LogP contribution in [0.15, 0.2) is 243 Å². The van der Waals surface area contributed by atoms with Crippen LogP contribution in [-0.2, 0) is 4.74 Å². The number of fused-ring (bicyclic) bond motifs is 1. The molecule has 4 heterocycles. The Morgan fingerprint density at radius 1 is 0.209 bits per heavy atom. The standard InChI is InChI=1S/C10H8.C6H12.C6H6.C5H5N.C5H10.3C5H6.2C4H4N2.C3H5NO.22C2H6.CH4/c1-2-6-10-8-4-3-7-9(10)5-1;3*1-2-4-6-5-3-1;4*1-2-4-5-3-1;1-2-6-4-3-5-1;1-2-5-4-6-3-1;1-2-5-3-4-1;22*1-2;/h1-8H;1-6H2;1-6H;1-5H;1-5H2;3*1-4H,5H2;2*1-4H;3H,1-2H2;22*1-2H3;1H4. The van der Waals surface area contributed by atoms with Gasteiger partial charge in [0.2, 0.25) is 0 Å². The summed E-state index contributed by atoms with van der Waals surface area (Å²) in [5.41, 5.74) is 0. The van der Waals surface area contributed by atoms with Gasteiger partial charge in [0.1, 0.15) is 12.9 Å². The smallest absolute Gasteiger partial charge is 0.169 e. The number of aliphatic imine (C=N–C) groups is 1. The molecule has 0 spiro atoms. The van der Waals surface area contributed by atoms with E-state index in [1.807, 2.05) is 359 Å². The summed E-state index contributed by atoms with van der Waals surface area (Å²) in [4.78, 5) is 22.3. The minimum absolute atomic E-state index is 0. The monoisotopic (exact) mass is 1550 g/mol. The Labute approximate surface area is 700 Å². The second-order valence-electron chi connectivity index (χ2n) is 14.4. The topological polar surface area (TPSA) is 86.0 Å². The maximum Gasteiger partial charge on any atom is 0.169 e. The van der Waals surface area contributed by atoms with E-state index in [9.17, 15) is 0 Å². The minimum Gasteiger partial charge on any atom is -0.482 e. The Kier molecular flexibility index (Phi) is 402. The van der Waals surface area contributed by atoms with Gasteiger partial charge >= 0.3 is 0 Å². The molecule has 2 fully saturated rings. The molecule has 12 rings (SSSR count). The molecule has 0 saturated heterocycles. The zero-order chi connectivity index (χ0) is 89.7. The van der Waals surface area contributed by atoms with Crippen molar-refractivity contribution in [2.75, 3.05) is 13.2 Å². The van der Waals surface area contributed by atoms with Crippen LogP contribution < -0.4 is 0 Å². The van der Waals surface area contributed by atoms with Gasteiger partial charge in [-0.05, 0) is 48.2 Å². The fraction of sp³-hybridized carbons (Fsp3) is 0.592. The second kappa shape index (κ2) is 271. The van der Waals surface area contributed by atoms with Gasteiger partial charge in [-0.1, -0.05) is 547 Å². The summed E-state index contributed by atoms with van der Waals surface area (Å²) in [5.74, 6) is 0. The highest BCUT2D eigenvalue weighted by Gasteiger charge is 1.96. The zero-order valence-corrected chi connectivity index (χ0v) is 82.5. The zero-order valence-electron chi connectivity index (χ0n) is 82.5. The highest BCUT2D eigenvalue weighted by molar-refractivity contribution is 5.82. The van der Waals surface area contributed by atoms with Crippen LogP contribution in [0.4, 0.5) is 0 Å². The van der Waals surface area contributed by atoms with E-state index in [4.69, 9.17) is 0 Å². The molecule has 3 aromatic heterocycles. The predicted molar refractivity (Wildman–Crippen MR) is 534 cm³/mol. The Balaban J connectivity index is -0.0000000370. The van der Waals surface area contributed by atoms with Crippen molar-refractivity contribution in [1.82, 2.24) is 24.9 Å². The molecule has 0 amide bonds. The summed E-state index contributed by atoms with van der Waals surface area (Å²) in [5, 5.41) is 2.62. The van der Waals surface area contributed by atoms with Crippen LogP contribution in [0.5, 0.6) is 0 Å². The van der Waals surface area contributed by atoms with Crippen LogP contribution >= 0.6 is 0 Å². The van der Waals surface area contributed by atoms with Gasteiger partial charge in [-0.3, -0.25) is 19.9 Å². The first-order valence-electron chi connectivity index (χ1n) is 45.2. The Bertz CT molecular complexity index is 1640. The predicted octanol–water partition coefficient (Wildman–Crippen LogP) is 38.6. The Morgan fingerprint density at radius 3 is 0.482 bits per heavy atom. The van der Waals surface area contributed by atoms with E-state index >= 15 is 0 Å². The second-order valence-corrected chi connectivity index (χ2v) is 14.4. The van der Waals surface area contributed by atoms with Crippen molar-refractivity contribution >= 4 is 17.2 Å². The fourth-order valence-corrected chi connectivity index (χ4v) is 5.72. The Hall–Kier alpha value is -6.86. The number of ether oxygens (including phenoxy) is 1. The lowest BCUT2D eigenvalue weighted by Gasteiger charge is -2.05.